The van der Waals surface area contributed by atoms with Gasteiger partial charge in [-0.25, -0.2) is 14.4 Å². The number of hydrogen-bond acceptors (Lipinski definition) is 6. The molecule has 1 unspecified atom stereocenters. The van der Waals surface area contributed by atoms with Crippen molar-refractivity contribution in [2.45, 2.75) is 50.9 Å². The monoisotopic (exact) mass is 500 g/mol. The average molecular weight is 501 g/mol. The van der Waals surface area contributed by atoms with E-state index < -0.39 is 34.5 Å². The molecule has 0 spiro atoms. The molecule has 0 saturated carbocycles. The molecule has 2 aliphatic rings. The Kier molecular flexibility index (Phi) is 5.35. The fourth-order valence-corrected chi connectivity index (χ4v) is 4.78. The molecule has 1 amide bonds. The van der Waals surface area contributed by atoms with Crippen LogP contribution in [0.5, 0.6) is 0 Å². The summed E-state index contributed by atoms with van der Waals surface area (Å²) in [5, 5.41) is 3.77. The van der Waals surface area contributed by atoms with Crippen molar-refractivity contribution < 1.29 is 27.4 Å². The summed E-state index contributed by atoms with van der Waals surface area (Å²) >= 11 is 0. The van der Waals surface area contributed by atoms with Gasteiger partial charge in [-0.3, -0.25) is 4.79 Å². The predicted octanol–water partition coefficient (Wildman–Crippen LogP) is 4.97. The van der Waals surface area contributed by atoms with E-state index >= 15 is 4.39 Å². The maximum atomic E-state index is 15.4. The summed E-state index contributed by atoms with van der Waals surface area (Å²) in [7, 11) is 3.14. The normalized spacial score (nSPS) is 24.2. The second kappa shape index (κ2) is 7.88. The number of nitrogens with one attached hydrogen (secondary N) is 1. The quantitative estimate of drug-likeness (QED) is 0.482. The van der Waals surface area contributed by atoms with Crippen LogP contribution in [0.1, 0.15) is 49.3 Å². The zero-order valence-electron chi connectivity index (χ0n) is 20.9. The molecule has 0 bridgehead atoms. The van der Waals surface area contributed by atoms with E-state index in [4.69, 9.17) is 9.47 Å². The summed E-state index contributed by atoms with van der Waals surface area (Å²) in [5.74, 6) is -3.83. The fraction of sp³-hybridized carbons (Fsp3) is 0.423. The molecule has 190 valence electrons. The van der Waals surface area contributed by atoms with E-state index in [2.05, 4.69) is 15.3 Å². The number of anilines is 2. The molecule has 3 aromatic rings. The predicted molar refractivity (Wildman–Crippen MR) is 129 cm³/mol. The maximum Gasteiger partial charge on any atom is 0.306 e. The Morgan fingerprint density at radius 1 is 1.25 bits per heavy atom. The highest BCUT2D eigenvalue weighted by Gasteiger charge is 2.62. The van der Waals surface area contributed by atoms with Gasteiger partial charge in [0.25, 0.3) is 5.91 Å². The van der Waals surface area contributed by atoms with Crippen LogP contribution in [-0.4, -0.2) is 42.2 Å². The number of amides is 1. The number of ether oxygens (including phenoxy) is 2. The Balaban J connectivity index is 1.56. The lowest BCUT2D eigenvalue weighted by atomic mass is 9.93. The third-order valence-electron chi connectivity index (χ3n) is 7.35. The molecule has 3 atom stereocenters. The Hall–Kier alpha value is -3.24. The molecule has 0 aliphatic carbocycles. The summed E-state index contributed by atoms with van der Waals surface area (Å²) in [6.45, 7) is 6.23. The molecule has 1 fully saturated rings. The number of nitrogens with zero attached hydrogens (tertiary/aromatic N) is 3. The number of halogens is 3. The first kappa shape index (κ1) is 24.5. The van der Waals surface area contributed by atoms with Crippen molar-refractivity contribution in [3.8, 4) is 0 Å². The fourth-order valence-electron chi connectivity index (χ4n) is 4.78. The zero-order valence-corrected chi connectivity index (χ0v) is 20.9. The van der Waals surface area contributed by atoms with E-state index in [-0.39, 0.29) is 18.1 Å². The van der Waals surface area contributed by atoms with Crippen molar-refractivity contribution in [2.24, 2.45) is 0 Å². The molecule has 36 heavy (non-hydrogen) atoms. The maximum absolute atomic E-state index is 15.4. The van der Waals surface area contributed by atoms with Crippen molar-refractivity contribution in [3.05, 3.63) is 58.7 Å². The van der Waals surface area contributed by atoms with E-state index in [0.717, 1.165) is 6.07 Å². The smallest absolute Gasteiger partial charge is 0.306 e. The Labute approximate surface area is 206 Å². The number of carbonyl (C=O) groups is 1. The molecular weight excluding hydrogens is 473 g/mol. The van der Waals surface area contributed by atoms with E-state index in [1.165, 1.54) is 31.1 Å². The van der Waals surface area contributed by atoms with Gasteiger partial charge in [-0.15, -0.1) is 0 Å². The van der Waals surface area contributed by atoms with Crippen LogP contribution < -0.4 is 10.2 Å². The topological polar surface area (TPSA) is 79.9 Å². The van der Waals surface area contributed by atoms with Gasteiger partial charge in [-0.2, -0.15) is 8.78 Å². The Morgan fingerprint density at radius 3 is 2.58 bits per heavy atom. The molecule has 1 N–H and O–H groups in total. The highest BCUT2D eigenvalue weighted by Crippen LogP contribution is 2.50. The molecule has 2 aliphatic heterocycles. The summed E-state index contributed by atoms with van der Waals surface area (Å²) in [6.07, 6.45) is 0. The zero-order chi connectivity index (χ0) is 26.2. The van der Waals surface area contributed by atoms with Crippen LogP contribution in [0.15, 0.2) is 30.3 Å². The number of epoxide rings is 1. The van der Waals surface area contributed by atoms with Gasteiger partial charge in [0.05, 0.1) is 29.4 Å². The van der Waals surface area contributed by atoms with Gasteiger partial charge in [0.2, 0.25) is 0 Å². The number of aromatic nitrogens is 2. The number of hydrogen-bond donors (Lipinski definition) is 1. The SMILES string of the molecule is CO[C@]1(C)C(=O)N(C)c2cc3c(N[C@H](C)c4cccc(C(F)(F)C5(C)CO5)c4F)nc(C)nc3cc21. The van der Waals surface area contributed by atoms with Crippen LogP contribution in [-0.2, 0) is 25.8 Å². The second-order valence-electron chi connectivity index (χ2n) is 9.78. The third-order valence-corrected chi connectivity index (χ3v) is 7.35. The van der Waals surface area contributed by atoms with E-state index in [1.807, 2.05) is 0 Å². The lowest BCUT2D eigenvalue weighted by Crippen LogP contribution is -2.37. The number of aryl methyl sites for hydroxylation is 1. The van der Waals surface area contributed by atoms with Gasteiger partial charge < -0.3 is 19.7 Å². The molecule has 0 radical (unpaired) electrons. The van der Waals surface area contributed by atoms with E-state index in [0.29, 0.717) is 33.8 Å². The standard InChI is InChI=1S/C26H27F3N4O3/c1-13(15-8-7-9-17(21(15)27)26(28,29)24(3)12-36-24)30-22-16-10-20-18(11-19(16)31-14(2)32-22)25(4,35-6)23(34)33(20)5/h7-11,13H,12H2,1-6H3,(H,30,31,32)/t13-,24?,25+/m1/s1. The number of alkyl halides is 2. The van der Waals surface area contributed by atoms with Crippen molar-refractivity contribution in [3.63, 3.8) is 0 Å². The number of rotatable bonds is 6. The van der Waals surface area contributed by atoms with Crippen LogP contribution in [0, 0.1) is 12.7 Å². The van der Waals surface area contributed by atoms with Gasteiger partial charge >= 0.3 is 5.92 Å². The first-order valence-electron chi connectivity index (χ1n) is 11.6. The second-order valence-corrected chi connectivity index (χ2v) is 9.78. The van der Waals surface area contributed by atoms with Gasteiger partial charge in [0, 0.05) is 30.7 Å². The minimum Gasteiger partial charge on any atom is -0.364 e. The highest BCUT2D eigenvalue weighted by atomic mass is 19.3. The van der Waals surface area contributed by atoms with E-state index in [1.54, 1.807) is 40.0 Å². The first-order valence-corrected chi connectivity index (χ1v) is 11.6. The molecule has 1 aromatic heterocycles. The third kappa shape index (κ3) is 3.38. The Bertz CT molecular complexity index is 1410. The average Bonchev–Trinajstić information content (AvgIpc) is 3.57. The number of fused-ring (bicyclic) bond motifs is 2. The lowest BCUT2D eigenvalue weighted by Gasteiger charge is -2.24. The largest absolute Gasteiger partial charge is 0.364 e. The number of methoxy groups -OCH3 is 1. The summed E-state index contributed by atoms with van der Waals surface area (Å²) in [6, 6.07) is 6.83. The van der Waals surface area contributed by atoms with Gasteiger partial charge in [-0.1, -0.05) is 12.1 Å². The molecule has 3 heterocycles. The molecule has 5 rings (SSSR count). The Morgan fingerprint density at radius 2 is 1.94 bits per heavy atom. The summed E-state index contributed by atoms with van der Waals surface area (Å²) in [4.78, 5) is 23.4. The highest BCUT2D eigenvalue weighted by molar-refractivity contribution is 6.09. The van der Waals surface area contributed by atoms with Crippen LogP contribution in [0.2, 0.25) is 0 Å². The van der Waals surface area contributed by atoms with Gasteiger partial charge in [0.15, 0.2) is 11.2 Å². The molecule has 10 heteroatoms. The van der Waals surface area contributed by atoms with E-state index in [9.17, 15) is 13.6 Å². The number of likely N-dealkylation sites (N-methyl/N-ethyl adjacent to an activating group) is 1. The first-order chi connectivity index (χ1) is 16.8. The minimum atomic E-state index is -3.48. The summed E-state index contributed by atoms with van der Waals surface area (Å²) in [5.41, 5.74) is -1.58. The van der Waals surface area contributed by atoms with Crippen molar-refractivity contribution in [1.82, 2.24) is 9.97 Å². The molecule has 1 saturated heterocycles. The van der Waals surface area contributed by atoms with Crippen LogP contribution in [0.3, 0.4) is 0 Å². The van der Waals surface area contributed by atoms with Crippen molar-refractivity contribution in [2.75, 3.05) is 31.0 Å². The van der Waals surface area contributed by atoms with Crippen LogP contribution in [0.25, 0.3) is 10.9 Å². The molecular formula is C26H27F3N4O3. The van der Waals surface area contributed by atoms with Crippen molar-refractivity contribution >= 4 is 28.3 Å². The molecule has 2 aromatic carbocycles. The van der Waals surface area contributed by atoms with Gasteiger partial charge in [0.1, 0.15) is 17.5 Å². The number of benzene rings is 2. The van der Waals surface area contributed by atoms with Crippen LogP contribution in [0.4, 0.5) is 24.7 Å². The van der Waals surface area contributed by atoms with Crippen LogP contribution >= 0.6 is 0 Å². The molecule has 7 nitrogen and oxygen atoms in total. The summed E-state index contributed by atoms with van der Waals surface area (Å²) < 4.78 is 55.8. The van der Waals surface area contributed by atoms with Crippen molar-refractivity contribution in [1.29, 1.82) is 0 Å². The number of carbonyl (C=O) groups excluding carboxylic acids is 1. The lowest BCUT2D eigenvalue weighted by molar-refractivity contribution is -0.137. The van der Waals surface area contributed by atoms with Gasteiger partial charge in [-0.05, 0) is 45.9 Å². The minimum absolute atomic E-state index is 0.0706.